The van der Waals surface area contributed by atoms with E-state index in [2.05, 4.69) is 22.1 Å². The summed E-state index contributed by atoms with van der Waals surface area (Å²) >= 11 is 0. The second kappa shape index (κ2) is 5.66. The number of hydrogen-bond acceptors (Lipinski definition) is 5. The molecule has 3 rings (SSSR count). The Morgan fingerprint density at radius 2 is 2.40 bits per heavy atom. The van der Waals surface area contributed by atoms with Crippen LogP contribution in [0.4, 0.5) is 11.6 Å². The first-order valence-corrected chi connectivity index (χ1v) is 7.17. The van der Waals surface area contributed by atoms with Crippen LogP contribution >= 0.6 is 0 Å². The number of methoxy groups -OCH3 is 1. The molecule has 0 amide bonds. The standard InChI is InChI=1S/C14H21N5O/c1-3-15-12-10-19-8-6-16-13(19)14(17-12)18-7-4-5-11(9-18)20-2/h6,8,10-11,15H,3-5,7,9H2,1-2H3. The Morgan fingerprint density at radius 1 is 1.50 bits per heavy atom. The third-order valence-electron chi connectivity index (χ3n) is 3.73. The molecule has 6 nitrogen and oxygen atoms in total. The van der Waals surface area contributed by atoms with Gasteiger partial charge in [-0.05, 0) is 19.8 Å². The molecule has 1 unspecified atom stereocenters. The van der Waals surface area contributed by atoms with Crippen LogP contribution in [-0.2, 0) is 4.74 Å². The maximum absolute atomic E-state index is 5.50. The molecule has 2 aromatic rings. The van der Waals surface area contributed by atoms with Crippen molar-refractivity contribution in [1.82, 2.24) is 14.4 Å². The van der Waals surface area contributed by atoms with Crippen LogP contribution < -0.4 is 10.2 Å². The smallest absolute Gasteiger partial charge is 0.180 e. The van der Waals surface area contributed by atoms with Gasteiger partial charge in [-0.3, -0.25) is 0 Å². The van der Waals surface area contributed by atoms with E-state index in [4.69, 9.17) is 9.72 Å². The minimum absolute atomic E-state index is 0.281. The molecule has 6 heteroatoms. The Bertz CT molecular complexity index is 582. The number of hydrogen-bond donors (Lipinski definition) is 1. The van der Waals surface area contributed by atoms with E-state index in [1.165, 1.54) is 0 Å². The molecule has 0 spiro atoms. The Balaban J connectivity index is 1.98. The monoisotopic (exact) mass is 275 g/mol. The first kappa shape index (κ1) is 13.2. The number of imidazole rings is 1. The van der Waals surface area contributed by atoms with Crippen LogP contribution in [0.15, 0.2) is 18.6 Å². The molecule has 0 saturated carbocycles. The molecule has 3 heterocycles. The van der Waals surface area contributed by atoms with Crippen LogP contribution in [0.5, 0.6) is 0 Å². The predicted molar refractivity (Wildman–Crippen MR) is 79.4 cm³/mol. The van der Waals surface area contributed by atoms with Gasteiger partial charge in [-0.1, -0.05) is 0 Å². The van der Waals surface area contributed by atoms with Crippen molar-refractivity contribution in [1.29, 1.82) is 0 Å². The lowest BCUT2D eigenvalue weighted by Crippen LogP contribution is -2.40. The Morgan fingerprint density at radius 3 is 3.20 bits per heavy atom. The zero-order chi connectivity index (χ0) is 13.9. The van der Waals surface area contributed by atoms with Gasteiger partial charge in [0.15, 0.2) is 11.5 Å². The largest absolute Gasteiger partial charge is 0.380 e. The summed E-state index contributed by atoms with van der Waals surface area (Å²) in [6.07, 6.45) is 8.27. The summed E-state index contributed by atoms with van der Waals surface area (Å²) in [6.45, 7) is 4.81. The quantitative estimate of drug-likeness (QED) is 0.921. The van der Waals surface area contributed by atoms with Crippen LogP contribution in [0.1, 0.15) is 19.8 Å². The summed E-state index contributed by atoms with van der Waals surface area (Å²) in [7, 11) is 1.78. The normalized spacial score (nSPS) is 19.5. The number of anilines is 2. The molecule has 2 aromatic heterocycles. The highest BCUT2D eigenvalue weighted by Crippen LogP contribution is 2.24. The molecular weight excluding hydrogens is 254 g/mol. The summed E-state index contributed by atoms with van der Waals surface area (Å²) < 4.78 is 7.53. The highest BCUT2D eigenvalue weighted by molar-refractivity contribution is 5.67. The predicted octanol–water partition coefficient (Wildman–Crippen LogP) is 1.78. The summed E-state index contributed by atoms with van der Waals surface area (Å²) in [5.41, 5.74) is 0.906. The highest BCUT2D eigenvalue weighted by Gasteiger charge is 2.23. The van der Waals surface area contributed by atoms with Gasteiger partial charge in [-0.2, -0.15) is 0 Å². The average molecular weight is 275 g/mol. The maximum Gasteiger partial charge on any atom is 0.180 e. The number of piperidine rings is 1. The van der Waals surface area contributed by atoms with Crippen LogP contribution in [0.2, 0.25) is 0 Å². The number of nitrogens with zero attached hydrogens (tertiary/aromatic N) is 4. The zero-order valence-corrected chi connectivity index (χ0v) is 12.0. The minimum Gasteiger partial charge on any atom is -0.380 e. The molecule has 20 heavy (non-hydrogen) atoms. The van der Waals surface area contributed by atoms with Crippen molar-refractivity contribution in [3.8, 4) is 0 Å². The van der Waals surface area contributed by atoms with E-state index in [0.717, 1.165) is 49.8 Å². The van der Waals surface area contributed by atoms with Gasteiger partial charge in [0.2, 0.25) is 0 Å². The molecule has 1 saturated heterocycles. The fraction of sp³-hybridized carbons (Fsp3) is 0.571. The maximum atomic E-state index is 5.50. The van der Waals surface area contributed by atoms with E-state index in [9.17, 15) is 0 Å². The van der Waals surface area contributed by atoms with Gasteiger partial charge in [0, 0.05) is 39.1 Å². The first-order valence-electron chi connectivity index (χ1n) is 7.17. The van der Waals surface area contributed by atoms with Gasteiger partial charge in [-0.25, -0.2) is 9.97 Å². The number of nitrogens with one attached hydrogen (secondary N) is 1. The first-order chi connectivity index (χ1) is 9.81. The summed E-state index contributed by atoms with van der Waals surface area (Å²) in [5, 5.41) is 3.28. The second-order valence-electron chi connectivity index (χ2n) is 5.08. The third-order valence-corrected chi connectivity index (χ3v) is 3.73. The molecule has 1 N–H and O–H groups in total. The van der Waals surface area contributed by atoms with E-state index in [0.29, 0.717) is 0 Å². The van der Waals surface area contributed by atoms with Gasteiger partial charge < -0.3 is 19.4 Å². The second-order valence-corrected chi connectivity index (χ2v) is 5.08. The highest BCUT2D eigenvalue weighted by atomic mass is 16.5. The number of ether oxygens (including phenoxy) is 1. The van der Waals surface area contributed by atoms with Crippen molar-refractivity contribution in [3.05, 3.63) is 18.6 Å². The van der Waals surface area contributed by atoms with E-state index in [-0.39, 0.29) is 6.10 Å². The Labute approximate surface area is 118 Å². The average Bonchev–Trinajstić information content (AvgIpc) is 2.95. The van der Waals surface area contributed by atoms with Crippen molar-refractivity contribution in [2.75, 3.05) is 37.0 Å². The number of aromatic nitrogens is 3. The summed E-state index contributed by atoms with van der Waals surface area (Å²) in [4.78, 5) is 11.4. The lowest BCUT2D eigenvalue weighted by atomic mass is 10.1. The van der Waals surface area contributed by atoms with Gasteiger partial charge in [0.05, 0.1) is 12.3 Å². The number of fused-ring (bicyclic) bond motifs is 1. The van der Waals surface area contributed by atoms with E-state index in [1.54, 1.807) is 7.11 Å². The fourth-order valence-electron chi connectivity index (χ4n) is 2.72. The molecular formula is C14H21N5O. The van der Waals surface area contributed by atoms with Gasteiger partial charge in [0.25, 0.3) is 0 Å². The van der Waals surface area contributed by atoms with E-state index >= 15 is 0 Å². The van der Waals surface area contributed by atoms with Crippen molar-refractivity contribution in [2.24, 2.45) is 0 Å². The molecule has 1 aliphatic heterocycles. The molecule has 0 aliphatic carbocycles. The lowest BCUT2D eigenvalue weighted by Gasteiger charge is -2.33. The minimum atomic E-state index is 0.281. The van der Waals surface area contributed by atoms with Crippen LogP contribution in [0, 0.1) is 0 Å². The van der Waals surface area contributed by atoms with Crippen LogP contribution in [0.3, 0.4) is 0 Å². The van der Waals surface area contributed by atoms with Crippen LogP contribution in [-0.4, -0.2) is 47.2 Å². The van der Waals surface area contributed by atoms with Gasteiger partial charge >= 0.3 is 0 Å². The van der Waals surface area contributed by atoms with Gasteiger partial charge in [-0.15, -0.1) is 0 Å². The molecule has 1 aliphatic rings. The van der Waals surface area contributed by atoms with Crippen molar-refractivity contribution in [3.63, 3.8) is 0 Å². The van der Waals surface area contributed by atoms with E-state index < -0.39 is 0 Å². The molecule has 0 aromatic carbocycles. The summed E-state index contributed by atoms with van der Waals surface area (Å²) in [5.74, 6) is 1.82. The van der Waals surface area contributed by atoms with Crippen molar-refractivity contribution < 1.29 is 4.74 Å². The Hall–Kier alpha value is -1.82. The van der Waals surface area contributed by atoms with Gasteiger partial charge in [0.1, 0.15) is 5.82 Å². The van der Waals surface area contributed by atoms with Crippen molar-refractivity contribution >= 4 is 17.3 Å². The molecule has 0 radical (unpaired) electrons. The van der Waals surface area contributed by atoms with Crippen molar-refractivity contribution in [2.45, 2.75) is 25.9 Å². The molecule has 108 valence electrons. The summed E-state index contributed by atoms with van der Waals surface area (Å²) in [6, 6.07) is 0. The van der Waals surface area contributed by atoms with E-state index in [1.807, 2.05) is 23.0 Å². The third kappa shape index (κ3) is 2.43. The number of rotatable bonds is 4. The molecule has 0 bridgehead atoms. The molecule has 1 atom stereocenters. The van der Waals surface area contributed by atoms with Crippen LogP contribution in [0.25, 0.3) is 5.65 Å². The zero-order valence-electron chi connectivity index (χ0n) is 12.0. The fourth-order valence-corrected chi connectivity index (χ4v) is 2.72. The topological polar surface area (TPSA) is 54.7 Å². The molecule has 1 fully saturated rings. The SMILES string of the molecule is CCNc1cn2ccnc2c(N2CCCC(OC)C2)n1. The Kier molecular flexibility index (Phi) is 3.73. The lowest BCUT2D eigenvalue weighted by molar-refractivity contribution is 0.0892.